The molecule has 1 aromatic carbocycles. The van der Waals surface area contributed by atoms with Gasteiger partial charge >= 0.3 is 12.4 Å². The van der Waals surface area contributed by atoms with E-state index in [2.05, 4.69) is 10.2 Å². The highest BCUT2D eigenvalue weighted by Gasteiger charge is 2.45. The van der Waals surface area contributed by atoms with Crippen LogP contribution in [0.5, 0.6) is 11.5 Å². The number of fused-ring (bicyclic) bond motifs is 2. The van der Waals surface area contributed by atoms with E-state index in [4.69, 9.17) is 4.74 Å². The van der Waals surface area contributed by atoms with Gasteiger partial charge in [-0.3, -0.25) is 0 Å². The number of phenols is 1. The minimum atomic E-state index is -4.57. The van der Waals surface area contributed by atoms with Crippen LogP contribution in [0.4, 0.5) is 31.5 Å². The van der Waals surface area contributed by atoms with Gasteiger partial charge in [0.1, 0.15) is 6.10 Å². The lowest BCUT2D eigenvalue weighted by Gasteiger charge is -2.37. The van der Waals surface area contributed by atoms with Crippen LogP contribution in [-0.4, -0.2) is 34.5 Å². The summed E-state index contributed by atoms with van der Waals surface area (Å²) in [5.74, 6) is -0.730. The first-order chi connectivity index (χ1) is 13.5. The highest BCUT2D eigenvalue weighted by molar-refractivity contribution is 7.15. The SMILES string of the molecule is Oc1cc(C(F)(F)F)ccc1O[C@@H]1[C@@H]2CC[C@H]1CN(c1nnc(C(F)(F)F)s1)C2. The summed E-state index contributed by atoms with van der Waals surface area (Å²) in [6.45, 7) is 0.796. The predicted octanol–water partition coefficient (Wildman–Crippen LogP) is 4.58. The van der Waals surface area contributed by atoms with Crippen LogP contribution >= 0.6 is 11.3 Å². The predicted molar refractivity (Wildman–Crippen MR) is 90.9 cm³/mol. The van der Waals surface area contributed by atoms with Crippen molar-refractivity contribution in [1.82, 2.24) is 10.2 Å². The maximum absolute atomic E-state index is 12.8. The molecular weight excluding hydrogens is 424 g/mol. The van der Waals surface area contributed by atoms with E-state index in [0.717, 1.165) is 25.0 Å². The van der Waals surface area contributed by atoms with Gasteiger partial charge in [0.05, 0.1) is 5.56 Å². The van der Waals surface area contributed by atoms with Gasteiger partial charge in [-0.15, -0.1) is 10.2 Å². The Hall–Kier alpha value is -2.24. The number of benzene rings is 1. The molecule has 2 heterocycles. The molecule has 2 bridgehead atoms. The molecule has 2 aromatic rings. The number of anilines is 1. The monoisotopic (exact) mass is 439 g/mol. The van der Waals surface area contributed by atoms with Gasteiger partial charge in [-0.25, -0.2) is 0 Å². The second-order valence-corrected chi connectivity index (χ2v) is 8.11. The molecule has 0 radical (unpaired) electrons. The van der Waals surface area contributed by atoms with E-state index >= 15 is 0 Å². The van der Waals surface area contributed by atoms with Gasteiger partial charge in [0.15, 0.2) is 11.5 Å². The van der Waals surface area contributed by atoms with E-state index in [9.17, 15) is 31.4 Å². The molecule has 1 aliphatic heterocycles. The summed E-state index contributed by atoms with van der Waals surface area (Å²) < 4.78 is 82.3. The highest BCUT2D eigenvalue weighted by atomic mass is 32.1. The maximum atomic E-state index is 12.8. The Bertz CT molecular complexity index is 886. The molecule has 158 valence electrons. The van der Waals surface area contributed by atoms with Crippen molar-refractivity contribution in [2.45, 2.75) is 31.3 Å². The van der Waals surface area contributed by atoms with Crippen molar-refractivity contribution in [3.8, 4) is 11.5 Å². The first-order valence-corrected chi connectivity index (χ1v) is 9.56. The number of halogens is 6. The third-order valence-corrected chi connectivity index (χ3v) is 6.25. The minimum Gasteiger partial charge on any atom is -0.504 e. The van der Waals surface area contributed by atoms with Crippen LogP contribution in [0.25, 0.3) is 0 Å². The summed E-state index contributed by atoms with van der Waals surface area (Å²) in [7, 11) is 0. The number of aromatic hydroxyl groups is 1. The summed E-state index contributed by atoms with van der Waals surface area (Å²) in [6, 6.07) is 2.54. The molecule has 0 unspecified atom stereocenters. The largest absolute Gasteiger partial charge is 0.504 e. The summed E-state index contributed by atoms with van der Waals surface area (Å²) >= 11 is 0.481. The van der Waals surface area contributed by atoms with E-state index in [1.54, 1.807) is 4.90 Å². The Morgan fingerprint density at radius 1 is 1.00 bits per heavy atom. The molecule has 1 aliphatic carbocycles. The normalized spacial score (nSPS) is 24.8. The summed E-state index contributed by atoms with van der Waals surface area (Å²) in [5.41, 5.74) is -0.975. The van der Waals surface area contributed by atoms with Gasteiger partial charge in [-0.2, -0.15) is 26.3 Å². The van der Waals surface area contributed by atoms with E-state index in [1.165, 1.54) is 0 Å². The van der Waals surface area contributed by atoms with Crippen LogP contribution in [0.1, 0.15) is 23.4 Å². The number of hydrogen-bond acceptors (Lipinski definition) is 6. The quantitative estimate of drug-likeness (QED) is 0.710. The van der Waals surface area contributed by atoms with E-state index < -0.39 is 28.7 Å². The number of phenolic OH excluding ortho intramolecular Hbond substituents is 1. The van der Waals surface area contributed by atoms with Gasteiger partial charge in [0.2, 0.25) is 10.1 Å². The van der Waals surface area contributed by atoms with Gasteiger partial charge in [-0.1, -0.05) is 11.3 Å². The second kappa shape index (κ2) is 6.92. The molecule has 1 aromatic heterocycles. The fourth-order valence-corrected chi connectivity index (χ4v) is 4.65. The third-order valence-electron chi connectivity index (χ3n) is 5.22. The van der Waals surface area contributed by atoms with Crippen LogP contribution in [0.2, 0.25) is 0 Å². The van der Waals surface area contributed by atoms with Crippen molar-refractivity contribution in [2.75, 3.05) is 18.0 Å². The van der Waals surface area contributed by atoms with Crippen molar-refractivity contribution in [3.63, 3.8) is 0 Å². The number of hydrogen-bond donors (Lipinski definition) is 1. The molecule has 1 saturated carbocycles. The summed E-state index contributed by atoms with van der Waals surface area (Å²) in [5, 5.41) is 16.0. The zero-order valence-corrected chi connectivity index (χ0v) is 15.5. The van der Waals surface area contributed by atoms with Crippen LogP contribution in [0, 0.1) is 11.8 Å². The molecule has 29 heavy (non-hydrogen) atoms. The molecule has 2 fully saturated rings. The maximum Gasteiger partial charge on any atom is 0.445 e. The van der Waals surface area contributed by atoms with Gasteiger partial charge in [-0.05, 0) is 31.0 Å². The average Bonchev–Trinajstić information content (AvgIpc) is 3.19. The minimum absolute atomic E-state index is 0.0383. The molecule has 5 nitrogen and oxygen atoms in total. The van der Waals surface area contributed by atoms with Gasteiger partial charge in [0, 0.05) is 24.9 Å². The van der Waals surface area contributed by atoms with Gasteiger partial charge in [0.25, 0.3) is 0 Å². The Morgan fingerprint density at radius 3 is 2.17 bits per heavy atom. The Morgan fingerprint density at radius 2 is 1.66 bits per heavy atom. The zero-order chi connectivity index (χ0) is 21.0. The lowest BCUT2D eigenvalue weighted by atomic mass is 9.95. The second-order valence-electron chi connectivity index (χ2n) is 7.15. The van der Waals surface area contributed by atoms with Crippen molar-refractivity contribution >= 4 is 16.5 Å². The van der Waals surface area contributed by atoms with Crippen molar-refractivity contribution in [2.24, 2.45) is 11.8 Å². The number of rotatable bonds is 3. The number of alkyl halides is 6. The molecule has 4 rings (SSSR count). The van der Waals surface area contributed by atoms with Crippen LogP contribution < -0.4 is 9.64 Å². The fraction of sp³-hybridized carbons (Fsp3) is 0.529. The Labute approximate surface area is 164 Å². The third kappa shape index (κ3) is 3.94. The van der Waals surface area contributed by atoms with E-state index in [0.29, 0.717) is 30.5 Å². The highest BCUT2D eigenvalue weighted by Crippen LogP contribution is 2.44. The zero-order valence-electron chi connectivity index (χ0n) is 14.7. The Balaban J connectivity index is 1.47. The van der Waals surface area contributed by atoms with Crippen molar-refractivity contribution < 1.29 is 36.2 Å². The molecule has 0 amide bonds. The van der Waals surface area contributed by atoms with E-state index in [-0.39, 0.29) is 28.8 Å². The summed E-state index contributed by atoms with van der Waals surface area (Å²) in [4.78, 5) is 1.74. The molecule has 12 heteroatoms. The molecule has 2 aliphatic rings. The van der Waals surface area contributed by atoms with E-state index in [1.807, 2.05) is 0 Å². The first-order valence-electron chi connectivity index (χ1n) is 8.75. The topological polar surface area (TPSA) is 58.5 Å². The summed E-state index contributed by atoms with van der Waals surface area (Å²) in [6.07, 6.45) is -7.94. The number of ether oxygens (including phenoxy) is 1. The van der Waals surface area contributed by atoms with Crippen LogP contribution in [-0.2, 0) is 12.4 Å². The Kier molecular flexibility index (Phi) is 4.79. The number of nitrogens with zero attached hydrogens (tertiary/aromatic N) is 3. The smallest absolute Gasteiger partial charge is 0.445 e. The molecular formula is C17H15F6N3O2S. The van der Waals surface area contributed by atoms with Crippen LogP contribution in [0.15, 0.2) is 18.2 Å². The molecule has 1 saturated heterocycles. The number of aromatic nitrogens is 2. The van der Waals surface area contributed by atoms with Crippen LogP contribution in [0.3, 0.4) is 0 Å². The molecule has 0 spiro atoms. The number of piperidine rings is 1. The van der Waals surface area contributed by atoms with Crippen molar-refractivity contribution in [1.29, 1.82) is 0 Å². The lowest BCUT2D eigenvalue weighted by Crippen LogP contribution is -2.47. The molecule has 3 atom stereocenters. The standard InChI is InChI=1S/C17H15F6N3O2S/c18-16(19,20)10-3-4-12(11(27)5-10)28-13-8-1-2-9(13)7-26(6-8)15-25-24-14(29-15)17(21,22)23/h3-5,8-9,13,27H,1-2,6-7H2/t8-,9+,13-. The lowest BCUT2D eigenvalue weighted by molar-refractivity contribution is -0.138. The van der Waals surface area contributed by atoms with Crippen molar-refractivity contribution in [3.05, 3.63) is 28.8 Å². The average molecular weight is 439 g/mol. The van der Waals surface area contributed by atoms with Gasteiger partial charge < -0.3 is 14.7 Å². The first kappa shape index (κ1) is 20.0. The molecule has 1 N–H and O–H groups in total. The fourth-order valence-electron chi connectivity index (χ4n) is 3.92.